The molecule has 1 N–H and O–H groups in total. The largest absolute Gasteiger partial charge is 0.493 e. The molecule has 0 aliphatic carbocycles. The zero-order chi connectivity index (χ0) is 19.9. The number of hydrogen-bond donors (Lipinski definition) is 1. The number of rotatable bonds is 7. The molecule has 6 heteroatoms. The van der Waals surface area contributed by atoms with Gasteiger partial charge in [0.2, 0.25) is 5.91 Å². The van der Waals surface area contributed by atoms with Gasteiger partial charge in [-0.25, -0.2) is 0 Å². The second kappa shape index (κ2) is 9.26. The smallest absolute Gasteiger partial charge is 0.253 e. The Hall–Kier alpha value is -3.02. The minimum Gasteiger partial charge on any atom is -0.493 e. The Bertz CT molecular complexity index is 844. The predicted molar refractivity (Wildman–Crippen MR) is 107 cm³/mol. The first-order valence-corrected chi connectivity index (χ1v) is 9.46. The van der Waals surface area contributed by atoms with E-state index in [2.05, 4.69) is 5.32 Å². The molecule has 0 aromatic heterocycles. The van der Waals surface area contributed by atoms with Crippen LogP contribution in [0.3, 0.4) is 0 Å². The molecular weight excluding hydrogens is 356 g/mol. The lowest BCUT2D eigenvalue weighted by atomic mass is 10.1. The van der Waals surface area contributed by atoms with Gasteiger partial charge in [-0.1, -0.05) is 18.2 Å². The van der Waals surface area contributed by atoms with Gasteiger partial charge >= 0.3 is 0 Å². The van der Waals surface area contributed by atoms with Gasteiger partial charge in [-0.05, 0) is 48.2 Å². The average molecular weight is 382 g/mol. The van der Waals surface area contributed by atoms with Crippen LogP contribution in [0.15, 0.2) is 42.5 Å². The van der Waals surface area contributed by atoms with E-state index in [1.54, 1.807) is 26.4 Å². The lowest BCUT2D eigenvalue weighted by molar-refractivity contribution is -0.120. The highest BCUT2D eigenvalue weighted by Gasteiger charge is 2.19. The minimum absolute atomic E-state index is 0.0657. The fourth-order valence-electron chi connectivity index (χ4n) is 3.36. The highest BCUT2D eigenvalue weighted by atomic mass is 16.5. The molecule has 0 bridgehead atoms. The molecule has 3 rings (SSSR count). The van der Waals surface area contributed by atoms with Crippen LogP contribution in [0.1, 0.15) is 34.3 Å². The molecule has 148 valence electrons. The van der Waals surface area contributed by atoms with Gasteiger partial charge in [0, 0.05) is 25.2 Å². The van der Waals surface area contributed by atoms with E-state index >= 15 is 0 Å². The van der Waals surface area contributed by atoms with Gasteiger partial charge in [0.05, 0.1) is 20.6 Å². The minimum atomic E-state index is -0.0940. The van der Waals surface area contributed by atoms with Gasteiger partial charge in [0.15, 0.2) is 11.5 Å². The van der Waals surface area contributed by atoms with Gasteiger partial charge in [-0.15, -0.1) is 0 Å². The van der Waals surface area contributed by atoms with Crippen molar-refractivity contribution in [1.82, 2.24) is 10.2 Å². The van der Waals surface area contributed by atoms with Crippen LogP contribution in [0, 0.1) is 0 Å². The Kier molecular flexibility index (Phi) is 6.53. The first-order chi connectivity index (χ1) is 13.6. The van der Waals surface area contributed by atoms with Gasteiger partial charge in [-0.3, -0.25) is 9.59 Å². The van der Waals surface area contributed by atoms with E-state index < -0.39 is 0 Å². The van der Waals surface area contributed by atoms with E-state index in [0.717, 1.165) is 37.1 Å². The summed E-state index contributed by atoms with van der Waals surface area (Å²) in [6.45, 7) is 2.03. The van der Waals surface area contributed by atoms with Crippen LogP contribution >= 0.6 is 0 Å². The molecule has 0 atom stereocenters. The lowest BCUT2D eigenvalue weighted by Gasteiger charge is -2.15. The molecule has 1 fully saturated rings. The summed E-state index contributed by atoms with van der Waals surface area (Å²) in [6.07, 6.45) is 2.38. The fraction of sp³-hybridized carbons (Fsp3) is 0.364. The molecule has 6 nitrogen and oxygen atoms in total. The van der Waals surface area contributed by atoms with E-state index in [9.17, 15) is 9.59 Å². The summed E-state index contributed by atoms with van der Waals surface area (Å²) in [5, 5.41) is 2.91. The summed E-state index contributed by atoms with van der Waals surface area (Å²) in [5.74, 6) is 1.20. The summed E-state index contributed by atoms with van der Waals surface area (Å²) >= 11 is 0. The van der Waals surface area contributed by atoms with Crippen molar-refractivity contribution in [1.29, 1.82) is 0 Å². The van der Waals surface area contributed by atoms with Crippen molar-refractivity contribution >= 4 is 11.8 Å². The Labute approximate surface area is 165 Å². The SMILES string of the molecule is COc1ccc(CC(=O)NCc2cccc(C(=O)N3CCCC3)c2)cc1OC. The van der Waals surface area contributed by atoms with E-state index in [1.165, 1.54) is 0 Å². The maximum Gasteiger partial charge on any atom is 0.253 e. The Balaban J connectivity index is 1.57. The average Bonchev–Trinajstić information content (AvgIpc) is 3.26. The molecule has 0 spiro atoms. The highest BCUT2D eigenvalue weighted by molar-refractivity contribution is 5.94. The molecule has 0 radical (unpaired) electrons. The maximum atomic E-state index is 12.5. The van der Waals surface area contributed by atoms with Crippen LogP contribution in [0.25, 0.3) is 0 Å². The van der Waals surface area contributed by atoms with Crippen LogP contribution in [0.2, 0.25) is 0 Å². The zero-order valence-corrected chi connectivity index (χ0v) is 16.4. The summed E-state index contributed by atoms with van der Waals surface area (Å²) in [4.78, 5) is 26.7. The number of carbonyl (C=O) groups excluding carboxylic acids is 2. The quantitative estimate of drug-likeness (QED) is 0.800. The van der Waals surface area contributed by atoms with E-state index in [1.807, 2.05) is 35.2 Å². The molecule has 1 saturated heterocycles. The molecule has 1 aliphatic rings. The third-order valence-electron chi connectivity index (χ3n) is 4.87. The van der Waals surface area contributed by atoms with Crippen LogP contribution in [-0.2, 0) is 17.8 Å². The van der Waals surface area contributed by atoms with Crippen LogP contribution in [0.4, 0.5) is 0 Å². The predicted octanol–water partition coefficient (Wildman–Crippen LogP) is 2.80. The Morgan fingerprint density at radius 1 is 0.964 bits per heavy atom. The standard InChI is InChI=1S/C22H26N2O4/c1-27-19-9-8-16(13-20(19)28-2)14-21(25)23-15-17-6-5-7-18(12-17)22(26)24-10-3-4-11-24/h5-9,12-13H,3-4,10-11,14-15H2,1-2H3,(H,23,25). The summed E-state index contributed by atoms with van der Waals surface area (Å²) in [7, 11) is 3.14. The van der Waals surface area contributed by atoms with Gasteiger partial charge in [0.1, 0.15) is 0 Å². The number of hydrogen-bond acceptors (Lipinski definition) is 4. The van der Waals surface area contributed by atoms with E-state index in [4.69, 9.17) is 9.47 Å². The third-order valence-corrected chi connectivity index (χ3v) is 4.87. The Morgan fingerprint density at radius 3 is 2.43 bits per heavy atom. The van der Waals surface area contributed by atoms with Crippen molar-refractivity contribution in [2.45, 2.75) is 25.8 Å². The number of carbonyl (C=O) groups is 2. The summed E-state index contributed by atoms with van der Waals surface area (Å²) < 4.78 is 10.5. The van der Waals surface area contributed by atoms with E-state index in [0.29, 0.717) is 23.6 Å². The van der Waals surface area contributed by atoms with Crippen molar-refractivity contribution in [3.05, 3.63) is 59.2 Å². The summed E-state index contributed by atoms with van der Waals surface area (Å²) in [6, 6.07) is 12.9. The first kappa shape index (κ1) is 19.7. The van der Waals surface area contributed by atoms with Crippen LogP contribution in [-0.4, -0.2) is 44.0 Å². The number of methoxy groups -OCH3 is 2. The topological polar surface area (TPSA) is 67.9 Å². The highest BCUT2D eigenvalue weighted by Crippen LogP contribution is 2.27. The zero-order valence-electron chi connectivity index (χ0n) is 16.4. The Morgan fingerprint density at radius 2 is 1.71 bits per heavy atom. The molecule has 2 aromatic rings. The first-order valence-electron chi connectivity index (χ1n) is 9.46. The number of nitrogens with zero attached hydrogens (tertiary/aromatic N) is 1. The molecule has 1 heterocycles. The van der Waals surface area contributed by atoms with Crippen LogP contribution < -0.4 is 14.8 Å². The number of likely N-dealkylation sites (tertiary alicyclic amines) is 1. The van der Waals surface area contributed by atoms with Crippen molar-refractivity contribution in [2.75, 3.05) is 27.3 Å². The van der Waals surface area contributed by atoms with Crippen LogP contribution in [0.5, 0.6) is 11.5 Å². The van der Waals surface area contributed by atoms with Crippen molar-refractivity contribution in [3.63, 3.8) is 0 Å². The number of benzene rings is 2. The van der Waals surface area contributed by atoms with Gasteiger partial charge in [-0.2, -0.15) is 0 Å². The van der Waals surface area contributed by atoms with E-state index in [-0.39, 0.29) is 18.2 Å². The van der Waals surface area contributed by atoms with Crippen molar-refractivity contribution < 1.29 is 19.1 Å². The number of nitrogens with one attached hydrogen (secondary N) is 1. The number of ether oxygens (including phenoxy) is 2. The molecule has 1 aliphatic heterocycles. The fourth-order valence-corrected chi connectivity index (χ4v) is 3.36. The second-order valence-electron chi connectivity index (χ2n) is 6.84. The molecule has 0 saturated carbocycles. The van der Waals surface area contributed by atoms with Crippen molar-refractivity contribution in [3.8, 4) is 11.5 Å². The molecule has 28 heavy (non-hydrogen) atoms. The molecular formula is C22H26N2O4. The normalized spacial score (nSPS) is 13.3. The van der Waals surface area contributed by atoms with Gasteiger partial charge in [0.25, 0.3) is 5.91 Å². The third kappa shape index (κ3) is 4.82. The second-order valence-corrected chi connectivity index (χ2v) is 6.84. The maximum absolute atomic E-state index is 12.5. The monoisotopic (exact) mass is 382 g/mol. The van der Waals surface area contributed by atoms with Gasteiger partial charge < -0.3 is 19.7 Å². The number of amides is 2. The summed E-state index contributed by atoms with van der Waals surface area (Å²) in [5.41, 5.74) is 2.42. The lowest BCUT2D eigenvalue weighted by Crippen LogP contribution is -2.28. The molecule has 0 unspecified atom stereocenters. The van der Waals surface area contributed by atoms with Crippen molar-refractivity contribution in [2.24, 2.45) is 0 Å². The molecule has 2 aromatic carbocycles. The molecule has 2 amide bonds.